The van der Waals surface area contributed by atoms with E-state index in [0.29, 0.717) is 17.1 Å². The number of thiazole rings is 1. The molecule has 3 aromatic rings. The summed E-state index contributed by atoms with van der Waals surface area (Å²) >= 11 is 2.90. The van der Waals surface area contributed by atoms with Crippen LogP contribution in [0.4, 0.5) is 0 Å². The van der Waals surface area contributed by atoms with Crippen LogP contribution in [0.1, 0.15) is 15.4 Å². The van der Waals surface area contributed by atoms with Gasteiger partial charge in [-0.25, -0.2) is 14.8 Å². The molecule has 2 aromatic heterocycles. The number of ether oxygens (including phenoxy) is 1. The zero-order valence-electron chi connectivity index (χ0n) is 14.3. The minimum atomic E-state index is -0.552. The lowest BCUT2D eigenvalue weighted by atomic mass is 10.3. The van der Waals surface area contributed by atoms with Gasteiger partial charge in [0.05, 0.1) is 22.3 Å². The number of nitrogens with zero attached hydrogens (tertiary/aromatic N) is 3. The van der Waals surface area contributed by atoms with Gasteiger partial charge in [0.2, 0.25) is 0 Å². The fourth-order valence-electron chi connectivity index (χ4n) is 2.30. The van der Waals surface area contributed by atoms with Crippen molar-refractivity contribution in [2.24, 2.45) is 0 Å². The summed E-state index contributed by atoms with van der Waals surface area (Å²) in [6, 6.07) is 11.1. The van der Waals surface area contributed by atoms with Gasteiger partial charge in [0.1, 0.15) is 10.0 Å². The van der Waals surface area contributed by atoms with Crippen molar-refractivity contribution in [1.29, 1.82) is 0 Å². The molecule has 0 saturated heterocycles. The Balaban J connectivity index is 1.58. The van der Waals surface area contributed by atoms with Crippen LogP contribution in [0.5, 0.6) is 0 Å². The molecule has 0 radical (unpaired) electrons. The Labute approximate surface area is 159 Å². The Morgan fingerprint density at radius 3 is 2.81 bits per heavy atom. The third-order valence-corrected chi connectivity index (χ3v) is 5.38. The molecule has 0 atom stereocenters. The molecule has 26 heavy (non-hydrogen) atoms. The summed E-state index contributed by atoms with van der Waals surface area (Å²) < 4.78 is 6.23. The molecule has 0 fully saturated rings. The molecule has 0 bridgehead atoms. The Kier molecular flexibility index (Phi) is 5.85. The molecule has 0 aliphatic heterocycles. The van der Waals surface area contributed by atoms with Gasteiger partial charge >= 0.3 is 5.97 Å². The number of likely N-dealkylation sites (N-methyl/N-ethyl adjacent to an activating group) is 1. The molecule has 8 heteroatoms. The van der Waals surface area contributed by atoms with E-state index in [-0.39, 0.29) is 12.5 Å². The average molecular weight is 387 g/mol. The molecule has 3 rings (SSSR count). The van der Waals surface area contributed by atoms with Gasteiger partial charge in [-0.2, -0.15) is 0 Å². The number of amides is 1. The van der Waals surface area contributed by atoms with Crippen LogP contribution >= 0.6 is 23.1 Å². The number of pyridine rings is 1. The smallest absolute Gasteiger partial charge is 0.341 e. The third kappa shape index (κ3) is 4.20. The highest BCUT2D eigenvalue weighted by molar-refractivity contribution is 7.98. The van der Waals surface area contributed by atoms with Crippen LogP contribution in [-0.4, -0.2) is 46.7 Å². The van der Waals surface area contributed by atoms with E-state index in [9.17, 15) is 9.59 Å². The van der Waals surface area contributed by atoms with Gasteiger partial charge in [-0.15, -0.1) is 23.1 Å². The van der Waals surface area contributed by atoms with Crippen molar-refractivity contribution in [1.82, 2.24) is 14.9 Å². The lowest BCUT2D eigenvalue weighted by molar-refractivity contribution is -0.133. The largest absolute Gasteiger partial charge is 0.452 e. The standard InChI is InChI=1S/C18H17N3O3S2/c1-21(10-15-20-13-7-3-4-8-14(13)26-15)16(22)11-24-18(23)12-6-5-9-19-17(12)25-2/h3-9H,10-11H2,1-2H3. The van der Waals surface area contributed by atoms with Crippen LogP contribution in [0.3, 0.4) is 0 Å². The number of rotatable bonds is 6. The monoisotopic (exact) mass is 387 g/mol. The number of fused-ring (bicyclic) bond motifs is 1. The number of thioether (sulfide) groups is 1. The summed E-state index contributed by atoms with van der Waals surface area (Å²) in [5.41, 5.74) is 1.28. The summed E-state index contributed by atoms with van der Waals surface area (Å²) in [5, 5.41) is 1.41. The van der Waals surface area contributed by atoms with Crippen molar-refractivity contribution >= 4 is 45.2 Å². The molecule has 2 heterocycles. The molecule has 134 valence electrons. The van der Waals surface area contributed by atoms with Gasteiger partial charge in [0.15, 0.2) is 6.61 Å². The van der Waals surface area contributed by atoms with Crippen molar-refractivity contribution in [3.05, 3.63) is 53.2 Å². The molecule has 1 aromatic carbocycles. The van der Waals surface area contributed by atoms with Crippen LogP contribution in [0.15, 0.2) is 47.6 Å². The average Bonchev–Trinajstić information content (AvgIpc) is 3.07. The maximum Gasteiger partial charge on any atom is 0.341 e. The summed E-state index contributed by atoms with van der Waals surface area (Å²) in [5.74, 6) is -0.837. The number of benzene rings is 1. The second-order valence-electron chi connectivity index (χ2n) is 5.46. The fraction of sp³-hybridized carbons (Fsp3) is 0.222. The third-order valence-electron chi connectivity index (χ3n) is 3.65. The second kappa shape index (κ2) is 8.29. The Bertz CT molecular complexity index is 909. The maximum absolute atomic E-state index is 12.3. The van der Waals surface area contributed by atoms with Crippen molar-refractivity contribution < 1.29 is 14.3 Å². The molecule has 0 spiro atoms. The molecule has 0 aliphatic carbocycles. The molecule has 0 saturated carbocycles. The molecule has 0 N–H and O–H groups in total. The highest BCUT2D eigenvalue weighted by atomic mass is 32.2. The summed E-state index contributed by atoms with van der Waals surface area (Å²) in [4.78, 5) is 34.6. The van der Waals surface area contributed by atoms with Gasteiger partial charge in [-0.3, -0.25) is 4.79 Å². The van der Waals surface area contributed by atoms with Gasteiger partial charge in [-0.05, 0) is 30.5 Å². The SMILES string of the molecule is CSc1ncccc1C(=O)OCC(=O)N(C)Cc1nc2ccccc2s1. The normalized spacial score (nSPS) is 10.7. The molecular weight excluding hydrogens is 370 g/mol. The Morgan fingerprint density at radius 2 is 2.04 bits per heavy atom. The lowest BCUT2D eigenvalue weighted by Gasteiger charge is -2.15. The van der Waals surface area contributed by atoms with Crippen LogP contribution in [0.2, 0.25) is 0 Å². The van der Waals surface area contributed by atoms with Crippen molar-refractivity contribution in [3.63, 3.8) is 0 Å². The van der Waals surface area contributed by atoms with E-state index >= 15 is 0 Å². The first-order valence-corrected chi connectivity index (χ1v) is 9.87. The summed E-state index contributed by atoms with van der Waals surface area (Å²) in [6.07, 6.45) is 3.44. The van der Waals surface area contributed by atoms with E-state index in [0.717, 1.165) is 15.2 Å². The highest BCUT2D eigenvalue weighted by Crippen LogP contribution is 2.22. The molecule has 1 amide bonds. The number of carbonyl (C=O) groups excluding carboxylic acids is 2. The van der Waals surface area contributed by atoms with Crippen LogP contribution < -0.4 is 0 Å². The second-order valence-corrected chi connectivity index (χ2v) is 7.37. The minimum absolute atomic E-state index is 0.285. The number of esters is 1. The number of carbonyl (C=O) groups is 2. The summed E-state index contributed by atoms with van der Waals surface area (Å²) in [6.45, 7) is 0.0572. The van der Waals surface area contributed by atoms with E-state index in [2.05, 4.69) is 9.97 Å². The van der Waals surface area contributed by atoms with E-state index in [1.54, 1.807) is 36.7 Å². The number of aromatic nitrogens is 2. The van der Waals surface area contributed by atoms with Crippen molar-refractivity contribution in [2.45, 2.75) is 11.6 Å². The Morgan fingerprint density at radius 1 is 1.23 bits per heavy atom. The summed E-state index contributed by atoms with van der Waals surface area (Å²) in [7, 11) is 1.67. The van der Waals surface area contributed by atoms with E-state index in [1.807, 2.05) is 30.5 Å². The first kappa shape index (κ1) is 18.3. The lowest BCUT2D eigenvalue weighted by Crippen LogP contribution is -2.30. The van der Waals surface area contributed by atoms with Gasteiger partial charge in [0.25, 0.3) is 5.91 Å². The van der Waals surface area contributed by atoms with E-state index in [1.165, 1.54) is 16.7 Å². The topological polar surface area (TPSA) is 72.4 Å². The quantitative estimate of drug-likeness (QED) is 0.478. The predicted octanol–water partition coefficient (Wildman–Crippen LogP) is 3.23. The number of para-hydroxylation sites is 1. The van der Waals surface area contributed by atoms with Crippen LogP contribution in [0, 0.1) is 0 Å². The molecule has 0 unspecified atom stereocenters. The zero-order valence-corrected chi connectivity index (χ0v) is 16.0. The Hall–Kier alpha value is -2.45. The van der Waals surface area contributed by atoms with Crippen molar-refractivity contribution in [3.8, 4) is 0 Å². The van der Waals surface area contributed by atoms with Gasteiger partial charge < -0.3 is 9.64 Å². The van der Waals surface area contributed by atoms with Crippen LogP contribution in [0.25, 0.3) is 10.2 Å². The molecular formula is C18H17N3O3S2. The number of hydrogen-bond acceptors (Lipinski definition) is 7. The van der Waals surface area contributed by atoms with Crippen LogP contribution in [-0.2, 0) is 16.1 Å². The van der Waals surface area contributed by atoms with E-state index in [4.69, 9.17) is 4.74 Å². The number of hydrogen-bond donors (Lipinski definition) is 0. The van der Waals surface area contributed by atoms with Crippen molar-refractivity contribution in [2.75, 3.05) is 19.9 Å². The van der Waals surface area contributed by atoms with Gasteiger partial charge in [0, 0.05) is 13.2 Å². The van der Waals surface area contributed by atoms with E-state index < -0.39 is 5.97 Å². The minimum Gasteiger partial charge on any atom is -0.452 e. The zero-order chi connectivity index (χ0) is 18.5. The predicted molar refractivity (Wildman–Crippen MR) is 102 cm³/mol. The molecule has 0 aliphatic rings. The molecule has 6 nitrogen and oxygen atoms in total. The van der Waals surface area contributed by atoms with Gasteiger partial charge in [-0.1, -0.05) is 12.1 Å². The first-order valence-electron chi connectivity index (χ1n) is 7.83. The first-order chi connectivity index (χ1) is 12.6. The maximum atomic E-state index is 12.3. The fourth-order valence-corrected chi connectivity index (χ4v) is 3.86. The highest BCUT2D eigenvalue weighted by Gasteiger charge is 2.17.